The first-order chi connectivity index (χ1) is 11.8. The van der Waals surface area contributed by atoms with Crippen molar-refractivity contribution in [1.29, 1.82) is 0 Å². The molecule has 1 heterocycles. The van der Waals surface area contributed by atoms with Gasteiger partial charge in [-0.3, -0.25) is 14.9 Å². The minimum absolute atomic E-state index is 0.101. The fourth-order valence-electron chi connectivity index (χ4n) is 1.64. The molecular formula is C15H10Cl2N2O6. The lowest BCUT2D eigenvalue weighted by Crippen LogP contribution is -2.20. The van der Waals surface area contributed by atoms with E-state index in [1.54, 1.807) is 0 Å². The number of furan rings is 1. The van der Waals surface area contributed by atoms with Crippen LogP contribution in [0.25, 0.3) is 6.08 Å². The lowest BCUT2D eigenvalue weighted by atomic mass is 10.3. The summed E-state index contributed by atoms with van der Waals surface area (Å²) in [4.78, 5) is 32.9. The Balaban J connectivity index is 1.82. The predicted octanol–water partition coefficient (Wildman–Crippen LogP) is 3.69. The second-order valence-corrected chi connectivity index (χ2v) is 5.37. The third-order valence-corrected chi connectivity index (χ3v) is 3.46. The van der Waals surface area contributed by atoms with Crippen LogP contribution in [0, 0.1) is 10.1 Å². The van der Waals surface area contributed by atoms with Crippen molar-refractivity contribution in [3.63, 3.8) is 0 Å². The Hall–Kier alpha value is -2.84. The van der Waals surface area contributed by atoms with E-state index < -0.39 is 29.3 Å². The van der Waals surface area contributed by atoms with Crippen molar-refractivity contribution in [3.05, 3.63) is 62.3 Å². The van der Waals surface area contributed by atoms with Crippen LogP contribution in [0.5, 0.6) is 0 Å². The van der Waals surface area contributed by atoms with Gasteiger partial charge in [0, 0.05) is 11.8 Å². The van der Waals surface area contributed by atoms with Crippen LogP contribution >= 0.6 is 23.2 Å². The number of benzene rings is 1. The van der Waals surface area contributed by atoms with E-state index in [1.165, 1.54) is 30.3 Å². The van der Waals surface area contributed by atoms with Gasteiger partial charge in [0.1, 0.15) is 10.7 Å². The van der Waals surface area contributed by atoms with Gasteiger partial charge in [-0.15, -0.1) is 0 Å². The van der Waals surface area contributed by atoms with Gasteiger partial charge in [0.15, 0.2) is 6.61 Å². The van der Waals surface area contributed by atoms with Gasteiger partial charge in [-0.25, -0.2) is 4.79 Å². The highest BCUT2D eigenvalue weighted by molar-refractivity contribution is 6.42. The second-order valence-electron chi connectivity index (χ2n) is 4.55. The molecule has 8 nitrogen and oxygen atoms in total. The molecule has 0 atom stereocenters. The lowest BCUT2D eigenvalue weighted by molar-refractivity contribution is -0.402. The highest BCUT2D eigenvalue weighted by atomic mass is 35.5. The molecular weight excluding hydrogens is 375 g/mol. The number of halogens is 2. The SMILES string of the molecule is O=C(COC(=O)/C=C/c1ccc([N+](=O)[O-])o1)Nc1ccc(Cl)c(Cl)c1. The molecule has 1 aromatic heterocycles. The number of anilines is 1. The highest BCUT2D eigenvalue weighted by Gasteiger charge is 2.11. The largest absolute Gasteiger partial charge is 0.452 e. The molecule has 130 valence electrons. The molecule has 0 saturated carbocycles. The minimum atomic E-state index is -0.816. The van der Waals surface area contributed by atoms with E-state index in [9.17, 15) is 19.7 Å². The molecule has 0 saturated heterocycles. The van der Waals surface area contributed by atoms with Gasteiger partial charge < -0.3 is 14.5 Å². The van der Waals surface area contributed by atoms with E-state index >= 15 is 0 Å². The van der Waals surface area contributed by atoms with E-state index in [4.69, 9.17) is 32.4 Å². The van der Waals surface area contributed by atoms with Gasteiger partial charge in [0.25, 0.3) is 5.91 Å². The number of carbonyl (C=O) groups excluding carboxylic acids is 2. The van der Waals surface area contributed by atoms with Crippen molar-refractivity contribution in [3.8, 4) is 0 Å². The number of nitrogens with one attached hydrogen (secondary N) is 1. The van der Waals surface area contributed by atoms with Crippen LogP contribution in [-0.4, -0.2) is 23.4 Å². The van der Waals surface area contributed by atoms with E-state index in [2.05, 4.69) is 5.32 Å². The zero-order valence-corrected chi connectivity index (χ0v) is 13.9. The van der Waals surface area contributed by atoms with Crippen molar-refractivity contribution in [2.45, 2.75) is 0 Å². The van der Waals surface area contributed by atoms with E-state index in [0.29, 0.717) is 10.7 Å². The lowest BCUT2D eigenvalue weighted by Gasteiger charge is -2.06. The first-order valence-electron chi connectivity index (χ1n) is 6.69. The maximum atomic E-state index is 11.7. The van der Waals surface area contributed by atoms with Crippen LogP contribution in [0.3, 0.4) is 0 Å². The standard InChI is InChI=1S/C15H10Cl2N2O6/c16-11-4-1-9(7-12(11)17)18-13(20)8-24-15(21)6-3-10-2-5-14(25-10)19(22)23/h1-7H,8H2,(H,18,20)/b6-3+. The number of nitrogens with zero attached hydrogens (tertiary/aromatic N) is 1. The molecule has 25 heavy (non-hydrogen) atoms. The van der Waals surface area contributed by atoms with Crippen LogP contribution in [-0.2, 0) is 14.3 Å². The molecule has 10 heteroatoms. The van der Waals surface area contributed by atoms with E-state index in [0.717, 1.165) is 12.1 Å². The maximum Gasteiger partial charge on any atom is 0.433 e. The quantitative estimate of drug-likeness (QED) is 0.351. The average Bonchev–Trinajstić information content (AvgIpc) is 3.04. The van der Waals surface area contributed by atoms with E-state index in [-0.39, 0.29) is 10.8 Å². The molecule has 2 rings (SSSR count). The zero-order chi connectivity index (χ0) is 18.4. The maximum absolute atomic E-state index is 11.7. The molecule has 0 radical (unpaired) electrons. The number of hydrogen-bond acceptors (Lipinski definition) is 6. The van der Waals surface area contributed by atoms with Gasteiger partial charge >= 0.3 is 11.9 Å². The molecule has 1 amide bonds. The molecule has 2 aromatic rings. The second kappa shape index (κ2) is 8.32. The van der Waals surface area contributed by atoms with Gasteiger partial charge in [0.05, 0.1) is 16.1 Å². The number of hydrogen-bond donors (Lipinski definition) is 1. The number of carbonyl (C=O) groups is 2. The molecule has 0 spiro atoms. The molecule has 0 bridgehead atoms. The van der Waals surface area contributed by atoms with Crippen molar-refractivity contribution in [2.75, 3.05) is 11.9 Å². The Morgan fingerprint density at radius 2 is 2.00 bits per heavy atom. The summed E-state index contributed by atoms with van der Waals surface area (Å²) in [6.45, 7) is -0.526. The number of rotatable bonds is 6. The smallest absolute Gasteiger partial charge is 0.433 e. The van der Waals surface area contributed by atoms with Gasteiger partial charge in [0.2, 0.25) is 0 Å². The first-order valence-corrected chi connectivity index (χ1v) is 7.44. The third kappa shape index (κ3) is 5.63. The molecule has 0 aliphatic carbocycles. The monoisotopic (exact) mass is 384 g/mol. The van der Waals surface area contributed by atoms with Crippen LogP contribution in [0.2, 0.25) is 10.0 Å². The summed E-state index contributed by atoms with van der Waals surface area (Å²) in [5.74, 6) is -1.74. The van der Waals surface area contributed by atoms with E-state index in [1.807, 2.05) is 0 Å². The molecule has 0 unspecified atom stereocenters. The van der Waals surface area contributed by atoms with Crippen LogP contribution in [0.4, 0.5) is 11.6 Å². The summed E-state index contributed by atoms with van der Waals surface area (Å²) in [6, 6.07) is 6.97. The zero-order valence-electron chi connectivity index (χ0n) is 12.4. The van der Waals surface area contributed by atoms with Gasteiger partial charge in [-0.1, -0.05) is 23.2 Å². The van der Waals surface area contributed by atoms with Crippen LogP contribution < -0.4 is 5.32 Å². The topological polar surface area (TPSA) is 112 Å². The summed E-state index contributed by atoms with van der Waals surface area (Å²) in [6.07, 6.45) is 2.17. The number of nitro groups is 1. The van der Waals surface area contributed by atoms with Gasteiger partial charge in [-0.2, -0.15) is 0 Å². The molecule has 0 aliphatic heterocycles. The van der Waals surface area contributed by atoms with Crippen molar-refractivity contribution >= 4 is 52.7 Å². The Morgan fingerprint density at radius 1 is 1.24 bits per heavy atom. The number of amides is 1. The Kier molecular flexibility index (Phi) is 6.15. The molecule has 1 aromatic carbocycles. The first kappa shape index (κ1) is 18.5. The van der Waals surface area contributed by atoms with Crippen molar-refractivity contribution in [1.82, 2.24) is 0 Å². The Labute approximate surface area is 151 Å². The van der Waals surface area contributed by atoms with Gasteiger partial charge in [-0.05, 0) is 30.3 Å². The van der Waals surface area contributed by atoms with Crippen molar-refractivity contribution < 1.29 is 23.7 Å². The molecule has 1 N–H and O–H groups in total. The summed E-state index contributed by atoms with van der Waals surface area (Å²) >= 11 is 11.6. The Bertz CT molecular complexity index is 846. The minimum Gasteiger partial charge on any atom is -0.452 e. The van der Waals surface area contributed by atoms with Crippen molar-refractivity contribution in [2.24, 2.45) is 0 Å². The average molecular weight is 385 g/mol. The molecule has 0 fully saturated rings. The fraction of sp³-hybridized carbons (Fsp3) is 0.0667. The summed E-state index contributed by atoms with van der Waals surface area (Å²) in [5.41, 5.74) is 0.397. The summed E-state index contributed by atoms with van der Waals surface area (Å²) in [5, 5.41) is 13.5. The number of esters is 1. The number of ether oxygens (including phenoxy) is 1. The summed E-state index contributed by atoms with van der Waals surface area (Å²) in [7, 11) is 0. The Morgan fingerprint density at radius 3 is 2.64 bits per heavy atom. The fourth-order valence-corrected chi connectivity index (χ4v) is 1.93. The summed E-state index contributed by atoms with van der Waals surface area (Å²) < 4.78 is 9.56. The normalized spacial score (nSPS) is 10.6. The highest BCUT2D eigenvalue weighted by Crippen LogP contribution is 2.24. The molecule has 0 aliphatic rings. The third-order valence-electron chi connectivity index (χ3n) is 2.73. The van der Waals surface area contributed by atoms with Crippen LogP contribution in [0.15, 0.2) is 40.8 Å². The van der Waals surface area contributed by atoms with Crippen LogP contribution in [0.1, 0.15) is 5.76 Å². The predicted molar refractivity (Wildman–Crippen MR) is 90.4 cm³/mol.